The number of pyridine rings is 1. The molecule has 1 aliphatic heterocycles. The smallest absolute Gasteiger partial charge is 0.176 e. The van der Waals surface area contributed by atoms with Crippen molar-refractivity contribution in [1.82, 2.24) is 24.7 Å². The van der Waals surface area contributed by atoms with Gasteiger partial charge in [-0.3, -0.25) is 4.98 Å². The summed E-state index contributed by atoms with van der Waals surface area (Å²) in [5.74, 6) is 0.753. The molecule has 0 radical (unpaired) electrons. The zero-order valence-corrected chi connectivity index (χ0v) is 28.8. The van der Waals surface area contributed by atoms with Crippen molar-refractivity contribution in [3.8, 4) is 11.5 Å². The molecule has 3 N–H and O–H groups in total. The average Bonchev–Trinajstić information content (AvgIpc) is 3.66. The van der Waals surface area contributed by atoms with E-state index in [4.69, 9.17) is 10.1 Å². The van der Waals surface area contributed by atoms with Gasteiger partial charge < -0.3 is 15.2 Å². The molecule has 4 heterocycles. The number of aromatic nitrogens is 5. The Balaban J connectivity index is 1.48. The standard InChI is InChI=1S/C37H44FN5O4S/c1-36(2)12-6-13-37(3,26-8-5-7-24(17-26)18-27(45)22-44)35-41-34(43(4)42-35)33-20-25(9-14-40-33)19-30-28(11-16-48(46,47)23-36)29-10-15-39-32(29)21-31(30)38/h5,7-10,14-15,17,20-21,27,39,44-45H,6,11-13,16,18-19,22-23H2,1-4H3/t27-,37+/m0/s1. The second-order valence-corrected chi connectivity index (χ2v) is 16.5. The number of hydrogen-bond acceptors (Lipinski definition) is 7. The van der Waals surface area contributed by atoms with E-state index < -0.39 is 26.8 Å². The van der Waals surface area contributed by atoms with Crippen LogP contribution >= 0.6 is 0 Å². The van der Waals surface area contributed by atoms with Crippen LogP contribution in [-0.4, -0.2) is 67.6 Å². The lowest BCUT2D eigenvalue weighted by atomic mass is 9.75. The number of nitrogens with one attached hydrogen (secondary N) is 1. The summed E-state index contributed by atoms with van der Waals surface area (Å²) in [6, 6.07) is 15.0. The van der Waals surface area contributed by atoms with Crippen LogP contribution in [-0.2, 0) is 41.6 Å². The molecule has 0 aliphatic carbocycles. The van der Waals surface area contributed by atoms with E-state index in [0.29, 0.717) is 59.7 Å². The van der Waals surface area contributed by atoms with Crippen molar-refractivity contribution in [2.24, 2.45) is 12.5 Å². The molecule has 2 atom stereocenters. The summed E-state index contributed by atoms with van der Waals surface area (Å²) in [4.78, 5) is 12.8. The second kappa shape index (κ2) is 13.2. The highest BCUT2D eigenvalue weighted by Gasteiger charge is 2.36. The Hall–Kier alpha value is -3.93. The Morgan fingerprint density at radius 3 is 2.69 bits per heavy atom. The van der Waals surface area contributed by atoms with Crippen molar-refractivity contribution in [2.75, 3.05) is 18.1 Å². The van der Waals surface area contributed by atoms with E-state index in [2.05, 4.69) is 16.9 Å². The molecule has 254 valence electrons. The van der Waals surface area contributed by atoms with Crippen LogP contribution in [0.25, 0.3) is 22.4 Å². The van der Waals surface area contributed by atoms with Gasteiger partial charge in [-0.25, -0.2) is 22.5 Å². The number of aliphatic hydroxyl groups is 2. The Bertz CT molecular complexity index is 2050. The van der Waals surface area contributed by atoms with Crippen LogP contribution in [0.5, 0.6) is 0 Å². The summed E-state index contributed by atoms with van der Waals surface area (Å²) < 4.78 is 44.8. The summed E-state index contributed by atoms with van der Waals surface area (Å²) in [6.45, 7) is 5.75. The predicted octanol–water partition coefficient (Wildman–Crippen LogP) is 5.46. The average molecular weight is 674 g/mol. The van der Waals surface area contributed by atoms with Gasteiger partial charge in [-0.2, -0.15) is 5.10 Å². The molecule has 6 rings (SSSR count). The zero-order valence-electron chi connectivity index (χ0n) is 28.0. The fourth-order valence-corrected chi connectivity index (χ4v) is 9.19. The van der Waals surface area contributed by atoms with Crippen LogP contribution in [0.15, 0.2) is 60.9 Å². The molecule has 4 bridgehead atoms. The first kappa shape index (κ1) is 34.0. The Kier molecular flexibility index (Phi) is 9.32. The number of nitrogens with zero attached hydrogens (tertiary/aromatic N) is 4. The number of hydrogen-bond donors (Lipinski definition) is 3. The van der Waals surface area contributed by atoms with E-state index in [0.717, 1.165) is 22.1 Å². The van der Waals surface area contributed by atoms with Gasteiger partial charge in [-0.15, -0.1) is 0 Å². The number of aryl methyl sites for hydroxylation is 2. The molecule has 0 amide bonds. The topological polar surface area (TPSA) is 134 Å². The number of fused-ring (bicyclic) bond motifs is 8. The Morgan fingerprint density at radius 1 is 1.08 bits per heavy atom. The van der Waals surface area contributed by atoms with Gasteiger partial charge >= 0.3 is 0 Å². The van der Waals surface area contributed by atoms with E-state index in [1.807, 2.05) is 63.4 Å². The van der Waals surface area contributed by atoms with Gasteiger partial charge in [0.25, 0.3) is 0 Å². The second-order valence-electron chi connectivity index (χ2n) is 14.3. The van der Waals surface area contributed by atoms with Gasteiger partial charge in [0, 0.05) is 43.2 Å². The fraction of sp³-hybridized carbons (Fsp3) is 0.432. The molecule has 0 fully saturated rings. The first-order valence-electron chi connectivity index (χ1n) is 16.5. The predicted molar refractivity (Wildman–Crippen MR) is 185 cm³/mol. The molecule has 1 aliphatic rings. The molecule has 48 heavy (non-hydrogen) atoms. The van der Waals surface area contributed by atoms with Gasteiger partial charge in [-0.05, 0) is 83.7 Å². The highest BCUT2D eigenvalue weighted by molar-refractivity contribution is 7.91. The van der Waals surface area contributed by atoms with E-state index in [9.17, 15) is 18.6 Å². The van der Waals surface area contributed by atoms with E-state index in [1.165, 1.54) is 6.07 Å². The van der Waals surface area contributed by atoms with Gasteiger partial charge in [0.2, 0.25) is 0 Å². The minimum atomic E-state index is -3.49. The molecule has 5 aromatic rings. The third-order valence-corrected chi connectivity index (χ3v) is 11.8. The maximum Gasteiger partial charge on any atom is 0.176 e. The SMILES string of the molecule is Cn1nc2nc1-c1cc(ccn1)Cc1c(F)cc3[nH]ccc3c1CCS(=O)(=O)CC(C)(C)CCC[C@]2(C)c1cccc(C[C@H](O)CO)c1. The monoisotopic (exact) mass is 673 g/mol. The van der Waals surface area contributed by atoms with Crippen molar-refractivity contribution in [2.45, 2.75) is 70.8 Å². The van der Waals surface area contributed by atoms with Crippen molar-refractivity contribution >= 4 is 20.7 Å². The molecular weight excluding hydrogens is 630 g/mol. The molecule has 0 saturated carbocycles. The molecular formula is C37H44FN5O4S. The Labute approximate surface area is 281 Å². The fourth-order valence-electron chi connectivity index (χ4n) is 7.20. The van der Waals surface area contributed by atoms with Crippen molar-refractivity contribution in [1.29, 1.82) is 0 Å². The first-order valence-corrected chi connectivity index (χ1v) is 18.3. The highest BCUT2D eigenvalue weighted by atomic mass is 32.2. The number of H-pyrrole nitrogens is 1. The quantitative estimate of drug-likeness (QED) is 0.231. The number of halogens is 1. The van der Waals surface area contributed by atoms with Crippen LogP contribution < -0.4 is 0 Å². The number of aromatic amines is 1. The lowest BCUT2D eigenvalue weighted by molar-refractivity contribution is 0.0955. The third-order valence-electron chi connectivity index (χ3n) is 9.77. The van der Waals surface area contributed by atoms with Crippen LogP contribution in [0.2, 0.25) is 0 Å². The van der Waals surface area contributed by atoms with E-state index >= 15 is 4.39 Å². The van der Waals surface area contributed by atoms with Crippen LogP contribution in [0.3, 0.4) is 0 Å². The van der Waals surface area contributed by atoms with Crippen molar-refractivity contribution < 1.29 is 23.0 Å². The van der Waals surface area contributed by atoms with Crippen molar-refractivity contribution in [3.05, 3.63) is 100 Å². The zero-order chi connectivity index (χ0) is 34.3. The largest absolute Gasteiger partial charge is 0.394 e. The summed E-state index contributed by atoms with van der Waals surface area (Å²) >= 11 is 0. The van der Waals surface area contributed by atoms with Crippen LogP contribution in [0.4, 0.5) is 4.39 Å². The molecule has 2 aromatic carbocycles. The minimum Gasteiger partial charge on any atom is -0.394 e. The molecule has 9 nitrogen and oxygen atoms in total. The molecule has 11 heteroatoms. The summed E-state index contributed by atoms with van der Waals surface area (Å²) in [7, 11) is -1.65. The van der Waals surface area contributed by atoms with Crippen molar-refractivity contribution in [3.63, 3.8) is 0 Å². The number of rotatable bonds is 4. The molecule has 0 unspecified atom stereocenters. The van der Waals surface area contributed by atoms with Gasteiger partial charge in [0.15, 0.2) is 21.5 Å². The maximum atomic E-state index is 15.8. The number of sulfone groups is 1. The minimum absolute atomic E-state index is 0.0197. The summed E-state index contributed by atoms with van der Waals surface area (Å²) in [6.07, 6.45) is 5.37. The summed E-state index contributed by atoms with van der Waals surface area (Å²) in [5, 5.41) is 25.3. The summed E-state index contributed by atoms with van der Waals surface area (Å²) in [5.41, 5.74) is 3.95. The molecule has 3 aromatic heterocycles. The molecule has 0 spiro atoms. The number of benzene rings is 2. The molecule has 0 saturated heterocycles. The van der Waals surface area contributed by atoms with E-state index in [1.54, 1.807) is 17.1 Å². The van der Waals surface area contributed by atoms with Crippen LogP contribution in [0.1, 0.15) is 73.7 Å². The number of aliphatic hydroxyl groups excluding tert-OH is 2. The maximum absolute atomic E-state index is 15.8. The highest BCUT2D eigenvalue weighted by Crippen LogP contribution is 2.39. The van der Waals surface area contributed by atoms with Gasteiger partial charge in [0.1, 0.15) is 11.5 Å². The Morgan fingerprint density at radius 2 is 1.90 bits per heavy atom. The van der Waals surface area contributed by atoms with Gasteiger partial charge in [0.05, 0.1) is 29.6 Å². The van der Waals surface area contributed by atoms with Crippen LogP contribution in [0, 0.1) is 11.2 Å². The third kappa shape index (κ3) is 7.09. The normalized spacial score (nSPS) is 20.5. The lowest BCUT2D eigenvalue weighted by Crippen LogP contribution is -2.29. The van der Waals surface area contributed by atoms with Gasteiger partial charge in [-0.1, -0.05) is 44.5 Å². The first-order chi connectivity index (χ1) is 22.8. The lowest BCUT2D eigenvalue weighted by Gasteiger charge is -2.31. The van der Waals surface area contributed by atoms with E-state index in [-0.39, 0.29) is 36.8 Å².